The van der Waals surface area contributed by atoms with Gasteiger partial charge in [0.15, 0.2) is 0 Å². The van der Waals surface area contributed by atoms with Gasteiger partial charge in [-0.3, -0.25) is 9.59 Å². The van der Waals surface area contributed by atoms with E-state index in [0.717, 1.165) is 24.2 Å². The molecule has 2 N–H and O–H groups in total. The fourth-order valence-electron chi connectivity index (χ4n) is 3.09. The van der Waals surface area contributed by atoms with Gasteiger partial charge in [-0.1, -0.05) is 12.1 Å². The van der Waals surface area contributed by atoms with Crippen LogP contribution in [0.15, 0.2) is 24.3 Å². The smallest absolute Gasteiger partial charge is 0.318 e. The van der Waals surface area contributed by atoms with Crippen LogP contribution in [-0.2, 0) is 16.1 Å². The van der Waals surface area contributed by atoms with Gasteiger partial charge >= 0.3 is 6.03 Å². The number of carbonyl (C=O) groups excluding carboxylic acids is 3. The second kappa shape index (κ2) is 6.90. The number of piperazine rings is 1. The molecule has 3 rings (SSSR count). The minimum Gasteiger partial charge on any atom is -0.353 e. The highest BCUT2D eigenvalue weighted by Gasteiger charge is 2.29. The van der Waals surface area contributed by atoms with Crippen molar-refractivity contribution < 1.29 is 14.4 Å². The number of hydrogen-bond acceptors (Lipinski definition) is 3. The van der Waals surface area contributed by atoms with Crippen LogP contribution in [0.2, 0.25) is 0 Å². The molecule has 0 unspecified atom stereocenters. The van der Waals surface area contributed by atoms with E-state index in [-0.39, 0.29) is 17.8 Å². The molecule has 2 saturated heterocycles. The number of amides is 4. The van der Waals surface area contributed by atoms with Crippen molar-refractivity contribution in [2.24, 2.45) is 0 Å². The molecule has 2 aliphatic heterocycles. The van der Waals surface area contributed by atoms with E-state index < -0.39 is 6.04 Å². The minimum atomic E-state index is -0.465. The Hall–Kier alpha value is -2.57. The molecule has 0 spiro atoms. The van der Waals surface area contributed by atoms with Gasteiger partial charge < -0.3 is 20.4 Å². The lowest BCUT2D eigenvalue weighted by molar-refractivity contribution is -0.127. The molecule has 0 aliphatic carbocycles. The second-order valence-corrected chi connectivity index (χ2v) is 6.14. The van der Waals surface area contributed by atoms with Gasteiger partial charge in [0, 0.05) is 38.3 Å². The Kier molecular flexibility index (Phi) is 4.69. The first-order valence-corrected chi connectivity index (χ1v) is 8.28. The summed E-state index contributed by atoms with van der Waals surface area (Å²) in [5.74, 6) is 0.00952. The van der Waals surface area contributed by atoms with E-state index in [9.17, 15) is 14.4 Å². The molecule has 24 heavy (non-hydrogen) atoms. The molecule has 2 fully saturated rings. The SMILES string of the molecule is C[C@H]1C(=O)NCCN1C(=O)NCc1cccc(N2CCCC2=O)c1. The van der Waals surface area contributed by atoms with E-state index >= 15 is 0 Å². The maximum absolute atomic E-state index is 12.3. The number of nitrogens with one attached hydrogen (secondary N) is 2. The molecule has 7 heteroatoms. The zero-order valence-corrected chi connectivity index (χ0v) is 13.7. The number of benzene rings is 1. The first kappa shape index (κ1) is 16.3. The maximum Gasteiger partial charge on any atom is 0.318 e. The largest absolute Gasteiger partial charge is 0.353 e. The van der Waals surface area contributed by atoms with Gasteiger partial charge in [0.25, 0.3) is 0 Å². The summed E-state index contributed by atoms with van der Waals surface area (Å²) in [6.07, 6.45) is 1.48. The van der Waals surface area contributed by atoms with Crippen LogP contribution in [-0.4, -0.2) is 48.4 Å². The number of hydrogen-bond donors (Lipinski definition) is 2. The van der Waals surface area contributed by atoms with Crippen molar-refractivity contribution in [1.82, 2.24) is 15.5 Å². The van der Waals surface area contributed by atoms with Crippen LogP contribution in [0.25, 0.3) is 0 Å². The average molecular weight is 330 g/mol. The van der Waals surface area contributed by atoms with E-state index in [2.05, 4.69) is 10.6 Å². The molecule has 4 amide bonds. The van der Waals surface area contributed by atoms with Crippen molar-refractivity contribution in [3.05, 3.63) is 29.8 Å². The highest BCUT2D eigenvalue weighted by Crippen LogP contribution is 2.22. The van der Waals surface area contributed by atoms with E-state index in [4.69, 9.17) is 0 Å². The predicted octanol–water partition coefficient (Wildman–Crippen LogP) is 0.843. The fourth-order valence-corrected chi connectivity index (χ4v) is 3.09. The highest BCUT2D eigenvalue weighted by atomic mass is 16.2. The van der Waals surface area contributed by atoms with Crippen molar-refractivity contribution in [2.75, 3.05) is 24.5 Å². The molecule has 1 aromatic rings. The summed E-state index contributed by atoms with van der Waals surface area (Å²) >= 11 is 0. The predicted molar refractivity (Wildman–Crippen MR) is 89.4 cm³/mol. The van der Waals surface area contributed by atoms with Crippen molar-refractivity contribution in [1.29, 1.82) is 0 Å². The first-order chi connectivity index (χ1) is 11.6. The van der Waals surface area contributed by atoms with Crippen molar-refractivity contribution in [2.45, 2.75) is 32.4 Å². The molecule has 2 heterocycles. The van der Waals surface area contributed by atoms with E-state index in [1.54, 1.807) is 11.8 Å². The third kappa shape index (κ3) is 3.34. The number of urea groups is 1. The van der Waals surface area contributed by atoms with Gasteiger partial charge in [-0.05, 0) is 31.0 Å². The van der Waals surface area contributed by atoms with Crippen molar-refractivity contribution in [3.63, 3.8) is 0 Å². The quantitative estimate of drug-likeness (QED) is 0.862. The molecular formula is C17H22N4O3. The third-order valence-corrected chi connectivity index (χ3v) is 4.50. The summed E-state index contributed by atoms with van der Waals surface area (Å²) in [5, 5.41) is 5.59. The minimum absolute atomic E-state index is 0.133. The van der Waals surface area contributed by atoms with Crippen LogP contribution in [0.5, 0.6) is 0 Å². The summed E-state index contributed by atoms with van der Waals surface area (Å²) in [5.41, 5.74) is 1.80. The van der Waals surface area contributed by atoms with Crippen molar-refractivity contribution >= 4 is 23.5 Å². The van der Waals surface area contributed by atoms with Crippen LogP contribution in [0.1, 0.15) is 25.3 Å². The lowest BCUT2D eigenvalue weighted by atomic mass is 10.2. The summed E-state index contributed by atoms with van der Waals surface area (Å²) in [6, 6.07) is 6.92. The molecular weight excluding hydrogens is 308 g/mol. The van der Waals surface area contributed by atoms with Crippen LogP contribution in [0.3, 0.4) is 0 Å². The van der Waals surface area contributed by atoms with Crippen LogP contribution >= 0.6 is 0 Å². The average Bonchev–Trinajstić information content (AvgIpc) is 3.01. The lowest BCUT2D eigenvalue weighted by Crippen LogP contribution is -2.58. The van der Waals surface area contributed by atoms with Crippen LogP contribution in [0, 0.1) is 0 Å². The number of rotatable bonds is 3. The third-order valence-electron chi connectivity index (χ3n) is 4.50. The van der Waals surface area contributed by atoms with Gasteiger partial charge in [-0.2, -0.15) is 0 Å². The zero-order valence-electron chi connectivity index (χ0n) is 13.7. The Morgan fingerprint density at radius 2 is 2.17 bits per heavy atom. The van der Waals surface area contributed by atoms with E-state index in [0.29, 0.717) is 26.1 Å². The maximum atomic E-state index is 12.3. The first-order valence-electron chi connectivity index (χ1n) is 8.28. The molecule has 0 bridgehead atoms. The molecule has 7 nitrogen and oxygen atoms in total. The number of anilines is 1. The molecule has 128 valence electrons. The monoisotopic (exact) mass is 330 g/mol. The molecule has 2 aliphatic rings. The molecule has 1 aromatic carbocycles. The Morgan fingerprint density at radius 1 is 1.33 bits per heavy atom. The summed E-state index contributed by atoms with van der Waals surface area (Å²) < 4.78 is 0. The van der Waals surface area contributed by atoms with Gasteiger partial charge in [-0.15, -0.1) is 0 Å². The Bertz CT molecular complexity index is 661. The number of nitrogens with zero attached hydrogens (tertiary/aromatic N) is 2. The Balaban J connectivity index is 1.61. The van der Waals surface area contributed by atoms with E-state index in [1.165, 1.54) is 4.90 Å². The number of carbonyl (C=O) groups is 3. The van der Waals surface area contributed by atoms with Gasteiger partial charge in [0.1, 0.15) is 6.04 Å². The van der Waals surface area contributed by atoms with E-state index in [1.807, 2.05) is 24.3 Å². The standard InChI is InChI=1S/C17H22N4O3/c1-12-16(23)18-7-9-20(12)17(24)19-11-13-4-2-5-14(10-13)21-8-3-6-15(21)22/h2,4-5,10,12H,3,6-9,11H2,1H3,(H,18,23)(H,19,24)/t12-/m0/s1. The molecule has 1 atom stereocenters. The Morgan fingerprint density at radius 3 is 2.92 bits per heavy atom. The topological polar surface area (TPSA) is 81.8 Å². The van der Waals surface area contributed by atoms with Crippen molar-refractivity contribution in [3.8, 4) is 0 Å². The van der Waals surface area contributed by atoms with Gasteiger partial charge in [0.05, 0.1) is 0 Å². The second-order valence-electron chi connectivity index (χ2n) is 6.14. The van der Waals surface area contributed by atoms with Crippen LogP contribution < -0.4 is 15.5 Å². The summed E-state index contributed by atoms with van der Waals surface area (Å²) in [4.78, 5) is 39.1. The normalized spacial score (nSPS) is 21.0. The van der Waals surface area contributed by atoms with Gasteiger partial charge in [0.2, 0.25) is 11.8 Å². The fraction of sp³-hybridized carbons (Fsp3) is 0.471. The molecule has 0 aromatic heterocycles. The van der Waals surface area contributed by atoms with Crippen LogP contribution in [0.4, 0.5) is 10.5 Å². The van der Waals surface area contributed by atoms with Gasteiger partial charge in [-0.25, -0.2) is 4.79 Å². The molecule has 0 radical (unpaired) electrons. The highest BCUT2D eigenvalue weighted by molar-refractivity contribution is 5.95. The zero-order chi connectivity index (χ0) is 17.1. The summed E-state index contributed by atoms with van der Waals surface area (Å²) in [6.45, 7) is 3.80. The Labute approximate surface area is 141 Å². The summed E-state index contributed by atoms with van der Waals surface area (Å²) in [7, 11) is 0. The molecule has 0 saturated carbocycles. The lowest BCUT2D eigenvalue weighted by Gasteiger charge is -2.32.